The number of thiol groups is 1. The molecule has 18 heavy (non-hydrogen) atoms. The monoisotopic (exact) mass is 276 g/mol. The molecule has 0 aromatic heterocycles. The van der Waals surface area contributed by atoms with Gasteiger partial charge in [0.2, 0.25) is 0 Å². The van der Waals surface area contributed by atoms with Crippen LogP contribution in [0.15, 0.2) is 70.5 Å². The molecule has 94 valence electrons. The van der Waals surface area contributed by atoms with Gasteiger partial charge in [0, 0.05) is 22.0 Å². The summed E-state index contributed by atoms with van der Waals surface area (Å²) in [5, 5.41) is 0. The maximum absolute atomic E-state index is 9.98. The Bertz CT molecular complexity index is 429. The highest BCUT2D eigenvalue weighted by molar-refractivity contribution is 7.99. The fourth-order valence-corrected chi connectivity index (χ4v) is 2.14. The van der Waals surface area contributed by atoms with E-state index >= 15 is 0 Å². The van der Waals surface area contributed by atoms with E-state index in [1.807, 2.05) is 48.5 Å². The zero-order valence-electron chi connectivity index (χ0n) is 10.0. The summed E-state index contributed by atoms with van der Waals surface area (Å²) < 4.78 is 0. The molecule has 0 amide bonds. The summed E-state index contributed by atoms with van der Waals surface area (Å²) in [6.07, 6.45) is 1.59. The van der Waals surface area contributed by atoms with Crippen LogP contribution in [0, 0.1) is 0 Å². The van der Waals surface area contributed by atoms with Crippen LogP contribution in [0.2, 0.25) is 0 Å². The van der Waals surface area contributed by atoms with Crippen molar-refractivity contribution in [2.45, 2.75) is 16.2 Å². The summed E-state index contributed by atoms with van der Waals surface area (Å²) in [4.78, 5) is 12.2. The predicted molar refractivity (Wildman–Crippen MR) is 81.5 cm³/mol. The molecule has 0 unspecified atom stereocenters. The number of rotatable bonds is 4. The Morgan fingerprint density at radius 3 is 1.94 bits per heavy atom. The van der Waals surface area contributed by atoms with Gasteiger partial charge in [0.1, 0.15) is 6.29 Å². The van der Waals surface area contributed by atoms with Gasteiger partial charge in [-0.05, 0) is 24.3 Å². The zero-order valence-corrected chi connectivity index (χ0v) is 11.7. The smallest absolute Gasteiger partial charge is 0.120 e. The van der Waals surface area contributed by atoms with Gasteiger partial charge in [0.25, 0.3) is 0 Å². The Kier molecular flexibility index (Phi) is 8.10. The second kappa shape index (κ2) is 9.80. The van der Waals surface area contributed by atoms with Crippen LogP contribution in [0.4, 0.5) is 0 Å². The highest BCUT2D eigenvalue weighted by atomic mass is 32.2. The Hall–Kier alpha value is -1.19. The van der Waals surface area contributed by atoms with Crippen LogP contribution in [0.5, 0.6) is 0 Å². The van der Waals surface area contributed by atoms with Gasteiger partial charge in [-0.15, -0.1) is 24.4 Å². The molecule has 3 heteroatoms. The molecule has 2 aromatic rings. The third-order valence-electron chi connectivity index (χ3n) is 2.00. The third-order valence-corrected chi connectivity index (χ3v) is 3.35. The summed E-state index contributed by atoms with van der Waals surface area (Å²) in [7, 11) is 0. The molecule has 0 saturated heterocycles. The van der Waals surface area contributed by atoms with Crippen LogP contribution in [-0.2, 0) is 4.79 Å². The average molecular weight is 276 g/mol. The van der Waals surface area contributed by atoms with Crippen LogP contribution in [0.25, 0.3) is 0 Å². The molecule has 1 nitrogen and oxygen atoms in total. The van der Waals surface area contributed by atoms with E-state index in [2.05, 4.69) is 24.8 Å². The van der Waals surface area contributed by atoms with Crippen molar-refractivity contribution in [1.82, 2.24) is 0 Å². The van der Waals surface area contributed by atoms with Crippen LogP contribution in [0.3, 0.4) is 0 Å². The maximum atomic E-state index is 9.98. The molecule has 0 aliphatic carbocycles. The largest absolute Gasteiger partial charge is 0.303 e. The molecule has 0 spiro atoms. The van der Waals surface area contributed by atoms with Gasteiger partial charge >= 0.3 is 0 Å². The molecular weight excluding hydrogens is 260 g/mol. The van der Waals surface area contributed by atoms with Crippen molar-refractivity contribution in [1.29, 1.82) is 0 Å². The molecule has 0 aliphatic rings. The molecule has 2 aromatic carbocycles. The maximum Gasteiger partial charge on any atom is 0.120 e. The SMILES string of the molecule is O=CCCSc1ccccc1.Sc1ccccc1. The molecule has 0 heterocycles. The highest BCUT2D eigenvalue weighted by Gasteiger charge is 1.89. The Morgan fingerprint density at radius 2 is 1.50 bits per heavy atom. The zero-order chi connectivity index (χ0) is 13.1. The highest BCUT2D eigenvalue weighted by Crippen LogP contribution is 2.16. The predicted octanol–water partition coefficient (Wildman–Crippen LogP) is 4.34. The van der Waals surface area contributed by atoms with Gasteiger partial charge in [-0.2, -0.15) is 0 Å². The first-order chi connectivity index (χ1) is 8.83. The van der Waals surface area contributed by atoms with E-state index in [1.54, 1.807) is 11.8 Å². The minimum atomic E-state index is 0.638. The number of aldehydes is 1. The van der Waals surface area contributed by atoms with E-state index in [0.29, 0.717) is 6.42 Å². The summed E-state index contributed by atoms with van der Waals surface area (Å²) >= 11 is 5.80. The van der Waals surface area contributed by atoms with Crippen molar-refractivity contribution in [3.63, 3.8) is 0 Å². The quantitative estimate of drug-likeness (QED) is 0.387. The van der Waals surface area contributed by atoms with E-state index in [-0.39, 0.29) is 0 Å². The van der Waals surface area contributed by atoms with Gasteiger partial charge in [-0.25, -0.2) is 0 Å². The molecule has 2 rings (SSSR count). The van der Waals surface area contributed by atoms with Crippen molar-refractivity contribution in [2.24, 2.45) is 0 Å². The van der Waals surface area contributed by atoms with E-state index in [0.717, 1.165) is 16.9 Å². The lowest BCUT2D eigenvalue weighted by Crippen LogP contribution is -1.79. The first kappa shape index (κ1) is 14.9. The van der Waals surface area contributed by atoms with Crippen LogP contribution in [-0.4, -0.2) is 12.0 Å². The normalized spacial score (nSPS) is 9.17. The van der Waals surface area contributed by atoms with Gasteiger partial charge in [-0.3, -0.25) is 0 Å². The van der Waals surface area contributed by atoms with Crippen molar-refractivity contribution < 1.29 is 4.79 Å². The molecule has 0 aliphatic heterocycles. The van der Waals surface area contributed by atoms with E-state index in [1.165, 1.54) is 4.90 Å². The van der Waals surface area contributed by atoms with E-state index in [4.69, 9.17) is 0 Å². The van der Waals surface area contributed by atoms with Gasteiger partial charge in [0.05, 0.1) is 0 Å². The first-order valence-corrected chi connectivity index (χ1v) is 7.11. The van der Waals surface area contributed by atoms with Gasteiger partial charge in [-0.1, -0.05) is 36.4 Å². The van der Waals surface area contributed by atoms with Gasteiger partial charge < -0.3 is 4.79 Å². The molecule has 0 fully saturated rings. The fraction of sp³-hybridized carbons (Fsp3) is 0.133. The summed E-state index contributed by atoms with van der Waals surface area (Å²) in [5.74, 6) is 0.882. The Labute approximate surface area is 118 Å². The van der Waals surface area contributed by atoms with Gasteiger partial charge in [0.15, 0.2) is 0 Å². The molecule has 0 atom stereocenters. The van der Waals surface area contributed by atoms with E-state index in [9.17, 15) is 4.79 Å². The van der Waals surface area contributed by atoms with E-state index < -0.39 is 0 Å². The van der Waals surface area contributed by atoms with Crippen LogP contribution in [0.1, 0.15) is 6.42 Å². The number of carbonyl (C=O) groups excluding carboxylic acids is 1. The second-order valence-electron chi connectivity index (χ2n) is 3.45. The minimum absolute atomic E-state index is 0.638. The summed E-state index contributed by atoms with van der Waals surface area (Å²) in [6, 6.07) is 19.9. The lowest BCUT2D eigenvalue weighted by Gasteiger charge is -1.95. The summed E-state index contributed by atoms with van der Waals surface area (Å²) in [6.45, 7) is 0. The molecular formula is C15H16OS2. The average Bonchev–Trinajstić information content (AvgIpc) is 2.42. The number of hydrogen-bond acceptors (Lipinski definition) is 3. The lowest BCUT2D eigenvalue weighted by molar-refractivity contribution is -0.107. The van der Waals surface area contributed by atoms with Crippen molar-refractivity contribution >= 4 is 30.7 Å². The molecule has 0 saturated carbocycles. The fourth-order valence-electron chi connectivity index (χ4n) is 1.17. The molecule has 0 N–H and O–H groups in total. The first-order valence-electron chi connectivity index (χ1n) is 5.68. The Balaban J connectivity index is 0.000000199. The van der Waals surface area contributed by atoms with Crippen LogP contribution >= 0.6 is 24.4 Å². The summed E-state index contributed by atoms with van der Waals surface area (Å²) in [5.41, 5.74) is 0. The molecule has 0 radical (unpaired) electrons. The lowest BCUT2D eigenvalue weighted by atomic mass is 10.4. The van der Waals surface area contributed by atoms with Crippen molar-refractivity contribution in [3.8, 4) is 0 Å². The number of thioether (sulfide) groups is 1. The number of hydrogen-bond donors (Lipinski definition) is 1. The third kappa shape index (κ3) is 7.20. The van der Waals surface area contributed by atoms with Crippen molar-refractivity contribution in [2.75, 3.05) is 5.75 Å². The van der Waals surface area contributed by atoms with Crippen LogP contribution < -0.4 is 0 Å². The standard InChI is InChI=1S/C9H10OS.C6H6S/c10-7-4-8-11-9-5-2-1-3-6-9;7-6-4-2-1-3-5-6/h1-3,5-7H,4,8H2;1-5,7H. The van der Waals surface area contributed by atoms with Crippen molar-refractivity contribution in [3.05, 3.63) is 60.7 Å². The number of benzene rings is 2. The Morgan fingerprint density at radius 1 is 0.944 bits per heavy atom. The topological polar surface area (TPSA) is 17.1 Å². The number of carbonyl (C=O) groups is 1. The molecule has 0 bridgehead atoms. The minimum Gasteiger partial charge on any atom is -0.303 e. The second-order valence-corrected chi connectivity index (χ2v) is 5.14.